The molecule has 6 nitrogen and oxygen atoms in total. The van der Waals surface area contributed by atoms with Crippen LogP contribution in [0.15, 0.2) is 48.7 Å². The molecule has 0 saturated carbocycles. The first-order valence-electron chi connectivity index (χ1n) is 7.73. The van der Waals surface area contributed by atoms with E-state index in [-0.39, 0.29) is 6.04 Å². The van der Waals surface area contributed by atoms with Crippen molar-refractivity contribution in [3.63, 3.8) is 0 Å². The molecule has 24 heavy (non-hydrogen) atoms. The van der Waals surface area contributed by atoms with Crippen LogP contribution in [-0.2, 0) is 0 Å². The van der Waals surface area contributed by atoms with Crippen molar-refractivity contribution < 1.29 is 9.90 Å². The van der Waals surface area contributed by atoms with E-state index in [9.17, 15) is 9.90 Å². The lowest BCUT2D eigenvalue weighted by molar-refractivity contribution is 0.0912. The van der Waals surface area contributed by atoms with Crippen molar-refractivity contribution >= 4 is 27.6 Å². The molecule has 1 aliphatic rings. The van der Waals surface area contributed by atoms with Crippen LogP contribution in [-0.4, -0.2) is 39.2 Å². The number of amides is 1. The zero-order valence-corrected chi connectivity index (χ0v) is 13.6. The Balaban J connectivity index is 1.80. The van der Waals surface area contributed by atoms with Crippen LogP contribution in [0.2, 0.25) is 0 Å². The predicted molar refractivity (Wildman–Crippen MR) is 92.1 cm³/mol. The van der Waals surface area contributed by atoms with Gasteiger partial charge in [0.2, 0.25) is 0 Å². The van der Waals surface area contributed by atoms with Gasteiger partial charge in [-0.05, 0) is 24.3 Å². The van der Waals surface area contributed by atoms with Crippen LogP contribution in [0.1, 0.15) is 22.8 Å². The molecule has 0 bridgehead atoms. The molecule has 2 aromatic heterocycles. The Labute approximate surface area is 142 Å². The number of piperazine rings is 1. The van der Waals surface area contributed by atoms with Crippen LogP contribution in [0.3, 0.4) is 0 Å². The molecule has 1 amide bonds. The highest BCUT2D eigenvalue weighted by Gasteiger charge is 2.38. The van der Waals surface area contributed by atoms with Crippen molar-refractivity contribution in [1.82, 2.24) is 20.2 Å². The summed E-state index contributed by atoms with van der Waals surface area (Å²) in [6.07, 6.45) is 0.762. The molecule has 122 valence electrons. The van der Waals surface area contributed by atoms with Crippen LogP contribution >= 0.6 is 11.3 Å². The lowest BCUT2D eigenvalue weighted by atomic mass is 10.00. The SMILES string of the molecule is O=C(O)N1CCNC(c2nc3ccccc3s2)C1c1ccccn1. The number of aromatic nitrogens is 2. The van der Waals surface area contributed by atoms with E-state index in [1.54, 1.807) is 17.5 Å². The molecule has 1 saturated heterocycles. The molecular formula is C17H16N4O2S. The van der Waals surface area contributed by atoms with Crippen molar-refractivity contribution in [3.05, 3.63) is 59.4 Å². The van der Waals surface area contributed by atoms with E-state index in [1.165, 1.54) is 4.90 Å². The van der Waals surface area contributed by atoms with E-state index in [0.29, 0.717) is 13.1 Å². The molecule has 0 aliphatic carbocycles. The number of carboxylic acid groups (broad SMARTS) is 1. The minimum Gasteiger partial charge on any atom is -0.465 e. The van der Waals surface area contributed by atoms with Gasteiger partial charge in [0.15, 0.2) is 0 Å². The maximum Gasteiger partial charge on any atom is 0.407 e. The average Bonchev–Trinajstić information content (AvgIpc) is 3.05. The van der Waals surface area contributed by atoms with Gasteiger partial charge in [-0.1, -0.05) is 18.2 Å². The molecule has 1 fully saturated rings. The molecule has 2 atom stereocenters. The topological polar surface area (TPSA) is 78.4 Å². The normalized spacial score (nSPS) is 21.1. The number of hydrogen-bond acceptors (Lipinski definition) is 5. The minimum atomic E-state index is -0.932. The summed E-state index contributed by atoms with van der Waals surface area (Å²) in [7, 11) is 0. The fraction of sp³-hybridized carbons (Fsp3) is 0.235. The predicted octanol–water partition coefficient (Wildman–Crippen LogP) is 3.06. The standard InChI is InChI=1S/C17H16N4O2S/c22-17(23)21-10-9-19-14(15(21)12-6-3-4-8-18-12)16-20-11-5-1-2-7-13(11)24-16/h1-8,14-15,19H,9-10H2,(H,22,23). The lowest BCUT2D eigenvalue weighted by Crippen LogP contribution is -2.50. The number of hydrogen-bond donors (Lipinski definition) is 2. The van der Waals surface area contributed by atoms with E-state index in [4.69, 9.17) is 4.98 Å². The second-order valence-corrected chi connectivity index (χ2v) is 6.69. The monoisotopic (exact) mass is 340 g/mol. The third-order valence-electron chi connectivity index (χ3n) is 4.18. The van der Waals surface area contributed by atoms with Gasteiger partial charge in [-0.15, -0.1) is 11.3 Å². The number of nitrogens with zero attached hydrogens (tertiary/aromatic N) is 3. The first kappa shape index (κ1) is 15.0. The van der Waals surface area contributed by atoms with Crippen molar-refractivity contribution in [2.75, 3.05) is 13.1 Å². The summed E-state index contributed by atoms with van der Waals surface area (Å²) >= 11 is 1.59. The maximum atomic E-state index is 11.7. The van der Waals surface area contributed by atoms with Crippen LogP contribution in [0, 0.1) is 0 Å². The maximum absolute atomic E-state index is 11.7. The summed E-state index contributed by atoms with van der Waals surface area (Å²) in [5.74, 6) is 0. The average molecular weight is 340 g/mol. The van der Waals surface area contributed by atoms with Gasteiger partial charge >= 0.3 is 6.09 Å². The van der Waals surface area contributed by atoms with Crippen molar-refractivity contribution in [2.45, 2.75) is 12.1 Å². The van der Waals surface area contributed by atoms with Gasteiger partial charge in [0.05, 0.1) is 28.0 Å². The first-order valence-corrected chi connectivity index (χ1v) is 8.55. The molecule has 4 rings (SSSR count). The first-order chi connectivity index (χ1) is 11.7. The Morgan fingerprint density at radius 2 is 2.08 bits per heavy atom. The van der Waals surface area contributed by atoms with Gasteiger partial charge < -0.3 is 10.4 Å². The summed E-state index contributed by atoms with van der Waals surface area (Å²) in [6, 6.07) is 12.9. The van der Waals surface area contributed by atoms with Crippen LogP contribution in [0.4, 0.5) is 4.79 Å². The summed E-state index contributed by atoms with van der Waals surface area (Å²) in [4.78, 5) is 22.3. The van der Waals surface area contributed by atoms with Gasteiger partial charge in [-0.2, -0.15) is 0 Å². The highest BCUT2D eigenvalue weighted by Crippen LogP contribution is 2.38. The van der Waals surface area contributed by atoms with Gasteiger partial charge in [-0.3, -0.25) is 9.88 Å². The molecular weight excluding hydrogens is 324 g/mol. The van der Waals surface area contributed by atoms with Gasteiger partial charge in [0, 0.05) is 19.3 Å². The Hall–Kier alpha value is -2.51. The number of para-hydroxylation sites is 1. The van der Waals surface area contributed by atoms with Crippen molar-refractivity contribution in [2.24, 2.45) is 0 Å². The smallest absolute Gasteiger partial charge is 0.407 e. The summed E-state index contributed by atoms with van der Waals surface area (Å²) < 4.78 is 1.10. The molecule has 3 aromatic rings. The fourth-order valence-electron chi connectivity index (χ4n) is 3.11. The lowest BCUT2D eigenvalue weighted by Gasteiger charge is -2.39. The molecule has 0 radical (unpaired) electrons. The van der Waals surface area contributed by atoms with E-state index in [0.717, 1.165) is 20.9 Å². The van der Waals surface area contributed by atoms with Crippen LogP contribution in [0.5, 0.6) is 0 Å². The fourth-order valence-corrected chi connectivity index (χ4v) is 4.19. The van der Waals surface area contributed by atoms with E-state index < -0.39 is 12.1 Å². The molecule has 2 N–H and O–H groups in total. The molecule has 2 unspecified atom stereocenters. The molecule has 1 aliphatic heterocycles. The molecule has 1 aromatic carbocycles. The highest BCUT2D eigenvalue weighted by molar-refractivity contribution is 7.18. The Kier molecular flexibility index (Phi) is 3.87. The zero-order chi connectivity index (χ0) is 16.5. The van der Waals surface area contributed by atoms with Crippen LogP contribution < -0.4 is 5.32 Å². The molecule has 0 spiro atoms. The zero-order valence-electron chi connectivity index (χ0n) is 12.8. The summed E-state index contributed by atoms with van der Waals surface area (Å²) in [5, 5.41) is 13.9. The number of nitrogens with one attached hydrogen (secondary N) is 1. The summed E-state index contributed by atoms with van der Waals surface area (Å²) in [6.45, 7) is 1.02. The minimum absolute atomic E-state index is 0.206. The third-order valence-corrected chi connectivity index (χ3v) is 5.30. The van der Waals surface area contributed by atoms with E-state index >= 15 is 0 Å². The number of carbonyl (C=O) groups is 1. The van der Waals surface area contributed by atoms with Crippen LogP contribution in [0.25, 0.3) is 10.2 Å². The molecule has 7 heteroatoms. The number of rotatable bonds is 2. The van der Waals surface area contributed by atoms with Crippen molar-refractivity contribution in [1.29, 1.82) is 0 Å². The quantitative estimate of drug-likeness (QED) is 0.750. The highest BCUT2D eigenvalue weighted by atomic mass is 32.1. The van der Waals surface area contributed by atoms with E-state index in [2.05, 4.69) is 10.3 Å². The number of benzene rings is 1. The number of fused-ring (bicyclic) bond motifs is 1. The largest absolute Gasteiger partial charge is 0.465 e. The Morgan fingerprint density at radius 3 is 2.83 bits per heavy atom. The number of pyridine rings is 1. The van der Waals surface area contributed by atoms with Gasteiger partial charge in [0.1, 0.15) is 5.01 Å². The third kappa shape index (κ3) is 2.61. The molecule has 3 heterocycles. The number of thiazole rings is 1. The second-order valence-electron chi connectivity index (χ2n) is 5.63. The van der Waals surface area contributed by atoms with Crippen molar-refractivity contribution in [3.8, 4) is 0 Å². The van der Waals surface area contributed by atoms with E-state index in [1.807, 2.05) is 42.5 Å². The van der Waals surface area contributed by atoms with Gasteiger partial charge in [0.25, 0.3) is 0 Å². The second kappa shape index (κ2) is 6.18. The van der Waals surface area contributed by atoms with Gasteiger partial charge in [-0.25, -0.2) is 9.78 Å². The Bertz CT molecular complexity index is 834. The Morgan fingerprint density at radius 1 is 1.25 bits per heavy atom. The summed E-state index contributed by atoms with van der Waals surface area (Å²) in [5.41, 5.74) is 1.67.